The number of fused-ring (bicyclic) bond motifs is 1. The first kappa shape index (κ1) is 12.8. The molecular formula is C13H14ClF2N3. The molecule has 102 valence electrons. The molecule has 3 rings (SSSR count). The zero-order valence-corrected chi connectivity index (χ0v) is 11.3. The molecular weight excluding hydrogens is 272 g/mol. The lowest BCUT2D eigenvalue weighted by Crippen LogP contribution is -2.24. The monoisotopic (exact) mass is 285 g/mol. The van der Waals surface area contributed by atoms with Gasteiger partial charge in [-0.05, 0) is 31.7 Å². The third kappa shape index (κ3) is 2.31. The Morgan fingerprint density at radius 1 is 1.37 bits per heavy atom. The Balaban J connectivity index is 2.01. The van der Waals surface area contributed by atoms with E-state index in [9.17, 15) is 8.78 Å². The molecule has 1 saturated carbocycles. The summed E-state index contributed by atoms with van der Waals surface area (Å²) in [6.45, 7) is 1.89. The van der Waals surface area contributed by atoms with Gasteiger partial charge in [0.25, 0.3) is 0 Å². The number of aryl methyl sites for hydroxylation is 1. The van der Waals surface area contributed by atoms with E-state index in [2.05, 4.69) is 10.1 Å². The summed E-state index contributed by atoms with van der Waals surface area (Å²) in [6, 6.07) is 1.76. The van der Waals surface area contributed by atoms with Gasteiger partial charge in [0.2, 0.25) is 5.92 Å². The number of rotatable bonds is 1. The fourth-order valence-electron chi connectivity index (χ4n) is 2.72. The zero-order chi connectivity index (χ0) is 13.6. The van der Waals surface area contributed by atoms with E-state index in [1.807, 2.05) is 6.92 Å². The molecule has 0 unspecified atom stereocenters. The molecule has 2 aromatic heterocycles. The second-order valence-corrected chi connectivity index (χ2v) is 5.57. The predicted octanol–water partition coefficient (Wildman–Crippen LogP) is 3.98. The number of imidazole rings is 1. The minimum absolute atomic E-state index is 0.0660. The molecule has 1 fully saturated rings. The van der Waals surface area contributed by atoms with Gasteiger partial charge < -0.3 is 0 Å². The zero-order valence-electron chi connectivity index (χ0n) is 10.5. The molecule has 2 aromatic rings. The summed E-state index contributed by atoms with van der Waals surface area (Å²) in [5.41, 5.74) is 2.56. The number of aromatic nitrogens is 3. The van der Waals surface area contributed by atoms with Gasteiger partial charge in [-0.3, -0.25) is 0 Å². The molecule has 1 aliphatic carbocycles. The van der Waals surface area contributed by atoms with Gasteiger partial charge in [-0.25, -0.2) is 18.3 Å². The van der Waals surface area contributed by atoms with Crippen molar-refractivity contribution in [2.45, 2.75) is 44.4 Å². The molecule has 0 bridgehead atoms. The van der Waals surface area contributed by atoms with Crippen LogP contribution in [0.4, 0.5) is 8.78 Å². The molecule has 1 aliphatic rings. The van der Waals surface area contributed by atoms with Crippen molar-refractivity contribution in [2.24, 2.45) is 0 Å². The Hall–Kier alpha value is -1.23. The average Bonchev–Trinajstić information content (AvgIpc) is 2.71. The number of hydrogen-bond acceptors (Lipinski definition) is 2. The van der Waals surface area contributed by atoms with Crippen LogP contribution in [0.2, 0.25) is 5.15 Å². The van der Waals surface area contributed by atoms with Crippen LogP contribution in [0.1, 0.15) is 42.9 Å². The molecule has 3 nitrogen and oxygen atoms in total. The van der Waals surface area contributed by atoms with Crippen LogP contribution in [-0.4, -0.2) is 20.5 Å². The normalized spacial score (nSPS) is 20.0. The molecule has 0 radical (unpaired) electrons. The van der Waals surface area contributed by atoms with Crippen LogP contribution >= 0.6 is 11.6 Å². The number of alkyl halides is 2. The second kappa shape index (κ2) is 4.40. The third-order valence-electron chi connectivity index (χ3n) is 3.79. The lowest BCUT2D eigenvalue weighted by Gasteiger charge is -2.28. The molecule has 0 saturated heterocycles. The van der Waals surface area contributed by atoms with Crippen LogP contribution in [-0.2, 0) is 0 Å². The standard InChI is InChI=1S/C13H14ClF2N3/c1-8-7-17-12-10(6-11(14)18-19(8)12)9-2-4-13(15,16)5-3-9/h6-7,9H,2-5H2,1H3. The van der Waals surface area contributed by atoms with Gasteiger partial charge in [-0.15, -0.1) is 0 Å². The molecule has 19 heavy (non-hydrogen) atoms. The Labute approximate surface area is 114 Å². The quantitative estimate of drug-likeness (QED) is 0.793. The molecule has 0 aromatic carbocycles. The van der Waals surface area contributed by atoms with Gasteiger partial charge in [0.05, 0.1) is 11.9 Å². The summed E-state index contributed by atoms with van der Waals surface area (Å²) in [4.78, 5) is 4.33. The van der Waals surface area contributed by atoms with E-state index < -0.39 is 5.92 Å². The molecule has 2 heterocycles. The van der Waals surface area contributed by atoms with E-state index in [4.69, 9.17) is 11.6 Å². The SMILES string of the molecule is Cc1cnc2c(C3CCC(F)(F)CC3)cc(Cl)nn12. The van der Waals surface area contributed by atoms with Crippen molar-refractivity contribution in [3.8, 4) is 0 Å². The predicted molar refractivity (Wildman–Crippen MR) is 68.9 cm³/mol. The number of halogens is 3. The number of nitrogens with zero attached hydrogens (tertiary/aromatic N) is 3. The highest BCUT2D eigenvalue weighted by molar-refractivity contribution is 6.29. The van der Waals surface area contributed by atoms with Crippen molar-refractivity contribution >= 4 is 17.2 Å². The second-order valence-electron chi connectivity index (χ2n) is 5.19. The summed E-state index contributed by atoms with van der Waals surface area (Å²) in [7, 11) is 0. The molecule has 0 amide bonds. The highest BCUT2D eigenvalue weighted by Gasteiger charge is 2.36. The van der Waals surface area contributed by atoms with Crippen molar-refractivity contribution in [1.82, 2.24) is 14.6 Å². The first-order valence-corrected chi connectivity index (χ1v) is 6.73. The fraction of sp³-hybridized carbons (Fsp3) is 0.538. The minimum Gasteiger partial charge on any atom is -0.235 e. The maximum Gasteiger partial charge on any atom is 0.248 e. The van der Waals surface area contributed by atoms with Gasteiger partial charge in [0, 0.05) is 18.4 Å². The van der Waals surface area contributed by atoms with Crippen LogP contribution < -0.4 is 0 Å². The first-order valence-electron chi connectivity index (χ1n) is 6.35. The summed E-state index contributed by atoms with van der Waals surface area (Å²) < 4.78 is 28.1. The van der Waals surface area contributed by atoms with Crippen molar-refractivity contribution in [1.29, 1.82) is 0 Å². The molecule has 6 heteroatoms. The summed E-state index contributed by atoms with van der Waals surface area (Å²) in [5, 5.41) is 4.57. The van der Waals surface area contributed by atoms with Crippen molar-refractivity contribution < 1.29 is 8.78 Å². The van der Waals surface area contributed by atoms with Crippen molar-refractivity contribution in [3.05, 3.63) is 28.7 Å². The van der Waals surface area contributed by atoms with Gasteiger partial charge >= 0.3 is 0 Å². The van der Waals surface area contributed by atoms with Crippen molar-refractivity contribution in [2.75, 3.05) is 0 Å². The van der Waals surface area contributed by atoms with Crippen LogP contribution in [0, 0.1) is 6.92 Å². The summed E-state index contributed by atoms with van der Waals surface area (Å²) >= 11 is 6.02. The van der Waals surface area contributed by atoms with Gasteiger partial charge in [-0.1, -0.05) is 11.6 Å². The van der Waals surface area contributed by atoms with E-state index in [0.29, 0.717) is 18.0 Å². The lowest BCUT2D eigenvalue weighted by atomic mass is 9.83. The molecule has 0 spiro atoms. The Bertz CT molecular complexity index is 614. The maximum atomic E-state index is 13.2. The Morgan fingerprint density at radius 2 is 2.05 bits per heavy atom. The van der Waals surface area contributed by atoms with Gasteiger partial charge in [0.1, 0.15) is 5.15 Å². The van der Waals surface area contributed by atoms with Crippen LogP contribution in [0.25, 0.3) is 5.65 Å². The highest BCUT2D eigenvalue weighted by atomic mass is 35.5. The van der Waals surface area contributed by atoms with E-state index >= 15 is 0 Å². The van der Waals surface area contributed by atoms with E-state index in [-0.39, 0.29) is 18.8 Å². The van der Waals surface area contributed by atoms with Crippen LogP contribution in [0.3, 0.4) is 0 Å². The Kier molecular flexibility index (Phi) is 2.96. The molecule has 0 aliphatic heterocycles. The minimum atomic E-state index is -2.52. The van der Waals surface area contributed by atoms with E-state index in [1.54, 1.807) is 16.8 Å². The third-order valence-corrected chi connectivity index (χ3v) is 3.98. The first-order chi connectivity index (χ1) is 8.96. The summed E-state index contributed by atoms with van der Waals surface area (Å²) in [6.07, 6.45) is 2.52. The number of hydrogen-bond donors (Lipinski definition) is 0. The van der Waals surface area contributed by atoms with E-state index in [1.165, 1.54) is 0 Å². The molecule has 0 N–H and O–H groups in total. The topological polar surface area (TPSA) is 30.2 Å². The highest BCUT2D eigenvalue weighted by Crippen LogP contribution is 2.42. The Morgan fingerprint density at radius 3 is 2.74 bits per heavy atom. The average molecular weight is 286 g/mol. The van der Waals surface area contributed by atoms with Crippen LogP contribution in [0.15, 0.2) is 12.3 Å². The lowest BCUT2D eigenvalue weighted by molar-refractivity contribution is -0.0381. The van der Waals surface area contributed by atoms with Crippen LogP contribution in [0.5, 0.6) is 0 Å². The van der Waals surface area contributed by atoms with Crippen molar-refractivity contribution in [3.63, 3.8) is 0 Å². The van der Waals surface area contributed by atoms with Gasteiger partial charge in [0.15, 0.2) is 5.65 Å². The fourth-order valence-corrected chi connectivity index (χ4v) is 2.92. The smallest absolute Gasteiger partial charge is 0.235 e. The largest absolute Gasteiger partial charge is 0.248 e. The molecule has 0 atom stereocenters. The van der Waals surface area contributed by atoms with E-state index in [0.717, 1.165) is 16.9 Å². The van der Waals surface area contributed by atoms with Gasteiger partial charge in [-0.2, -0.15) is 5.10 Å². The maximum absolute atomic E-state index is 13.2. The summed E-state index contributed by atoms with van der Waals surface area (Å²) in [5.74, 6) is -2.43.